The van der Waals surface area contributed by atoms with Crippen molar-refractivity contribution in [3.05, 3.63) is 71.8 Å². The first-order valence-corrected chi connectivity index (χ1v) is 8.70. The fourth-order valence-corrected chi connectivity index (χ4v) is 2.59. The maximum atomic E-state index is 12.3. The van der Waals surface area contributed by atoms with Gasteiger partial charge in [-0.25, -0.2) is 4.79 Å². The number of carbonyl (C=O) groups is 1. The van der Waals surface area contributed by atoms with E-state index in [1.807, 2.05) is 81.4 Å². The van der Waals surface area contributed by atoms with E-state index in [0.29, 0.717) is 13.0 Å². The van der Waals surface area contributed by atoms with E-state index >= 15 is 0 Å². The molecule has 0 saturated carbocycles. The Hall–Kier alpha value is -2.33. The van der Waals surface area contributed by atoms with Crippen LogP contribution in [0, 0.1) is 5.41 Å². The molecule has 2 rings (SSSR count). The monoisotopic (exact) mass is 340 g/mol. The van der Waals surface area contributed by atoms with Gasteiger partial charge >= 0.3 is 6.03 Å². The lowest BCUT2D eigenvalue weighted by atomic mass is 9.87. The molecule has 0 aliphatic carbocycles. The van der Waals surface area contributed by atoms with Gasteiger partial charge < -0.3 is 15.7 Å². The number of amides is 2. The molecule has 2 aromatic carbocycles. The molecule has 0 aromatic heterocycles. The second-order valence-corrected chi connectivity index (χ2v) is 7.33. The third-order valence-corrected chi connectivity index (χ3v) is 4.24. The molecule has 1 atom stereocenters. The summed E-state index contributed by atoms with van der Waals surface area (Å²) in [4.78, 5) is 12.3. The van der Waals surface area contributed by atoms with Gasteiger partial charge in [0.05, 0.1) is 12.1 Å². The zero-order valence-electron chi connectivity index (χ0n) is 15.2. The van der Waals surface area contributed by atoms with E-state index in [2.05, 4.69) is 10.6 Å². The van der Waals surface area contributed by atoms with E-state index in [9.17, 15) is 9.90 Å². The Labute approximate surface area is 150 Å². The van der Waals surface area contributed by atoms with E-state index in [1.54, 1.807) is 0 Å². The van der Waals surface area contributed by atoms with Crippen molar-refractivity contribution in [2.75, 3.05) is 6.54 Å². The van der Waals surface area contributed by atoms with Crippen LogP contribution in [-0.2, 0) is 0 Å². The minimum Gasteiger partial charge on any atom is -0.393 e. The number of aliphatic hydroxyl groups excluding tert-OH is 1. The lowest BCUT2D eigenvalue weighted by Crippen LogP contribution is -2.40. The van der Waals surface area contributed by atoms with Crippen LogP contribution in [0.15, 0.2) is 60.7 Å². The van der Waals surface area contributed by atoms with Crippen LogP contribution in [0.1, 0.15) is 44.4 Å². The summed E-state index contributed by atoms with van der Waals surface area (Å²) in [6.45, 7) is 6.39. The minimum absolute atomic E-state index is 0.186. The minimum atomic E-state index is -0.452. The topological polar surface area (TPSA) is 61.4 Å². The predicted octanol–water partition coefficient (Wildman–Crippen LogP) is 3.87. The lowest BCUT2D eigenvalue weighted by molar-refractivity contribution is 0.0564. The maximum absolute atomic E-state index is 12.3. The normalized spacial score (nSPS) is 12.7. The molecule has 2 amide bonds. The van der Waals surface area contributed by atoms with Crippen molar-refractivity contribution in [2.24, 2.45) is 5.41 Å². The summed E-state index contributed by atoms with van der Waals surface area (Å²) in [5.41, 5.74) is 1.87. The van der Waals surface area contributed by atoms with E-state index in [4.69, 9.17) is 0 Å². The maximum Gasteiger partial charge on any atom is 0.315 e. The second-order valence-electron chi connectivity index (χ2n) is 7.33. The Morgan fingerprint density at radius 2 is 1.44 bits per heavy atom. The Bertz CT molecular complexity index is 611. The highest BCUT2D eigenvalue weighted by atomic mass is 16.3. The van der Waals surface area contributed by atoms with E-state index < -0.39 is 6.10 Å². The molecule has 4 heteroatoms. The molecule has 134 valence electrons. The molecule has 25 heavy (non-hydrogen) atoms. The van der Waals surface area contributed by atoms with Crippen molar-refractivity contribution in [3.8, 4) is 0 Å². The van der Waals surface area contributed by atoms with E-state index in [0.717, 1.165) is 11.1 Å². The number of hydrogen-bond acceptors (Lipinski definition) is 2. The van der Waals surface area contributed by atoms with Crippen molar-refractivity contribution in [1.29, 1.82) is 0 Å². The quantitative estimate of drug-likeness (QED) is 0.747. The summed E-state index contributed by atoms with van der Waals surface area (Å²) in [5.74, 6) is 0. The zero-order valence-corrected chi connectivity index (χ0v) is 15.2. The van der Waals surface area contributed by atoms with Gasteiger partial charge in [-0.3, -0.25) is 0 Å². The van der Waals surface area contributed by atoms with Gasteiger partial charge in [-0.2, -0.15) is 0 Å². The van der Waals surface area contributed by atoms with Crippen LogP contribution in [0.2, 0.25) is 0 Å². The van der Waals surface area contributed by atoms with Gasteiger partial charge in [0.15, 0.2) is 0 Å². The predicted molar refractivity (Wildman–Crippen MR) is 101 cm³/mol. The van der Waals surface area contributed by atoms with Crippen LogP contribution in [0.4, 0.5) is 4.79 Å². The average Bonchev–Trinajstić information content (AvgIpc) is 2.60. The summed E-state index contributed by atoms with van der Waals surface area (Å²) in [6, 6.07) is 19.3. The van der Waals surface area contributed by atoms with Gasteiger partial charge in [0, 0.05) is 6.54 Å². The molecular weight excluding hydrogens is 312 g/mol. The fourth-order valence-electron chi connectivity index (χ4n) is 2.59. The number of carbonyl (C=O) groups excluding carboxylic acids is 1. The van der Waals surface area contributed by atoms with E-state index in [1.165, 1.54) is 0 Å². The van der Waals surface area contributed by atoms with Crippen LogP contribution in [-0.4, -0.2) is 23.8 Å². The summed E-state index contributed by atoms with van der Waals surface area (Å²) in [6.07, 6.45) is 0.0741. The molecule has 4 nitrogen and oxygen atoms in total. The first-order chi connectivity index (χ1) is 11.9. The van der Waals surface area contributed by atoms with Crippen LogP contribution in [0.5, 0.6) is 0 Å². The van der Waals surface area contributed by atoms with Gasteiger partial charge in [-0.15, -0.1) is 0 Å². The SMILES string of the molecule is CC(C)(C)[C@@H](O)CCNC(=O)NC(c1ccccc1)c1ccccc1. The van der Waals surface area contributed by atoms with Crippen LogP contribution in [0.3, 0.4) is 0 Å². The molecule has 0 bridgehead atoms. The van der Waals surface area contributed by atoms with Crippen molar-refractivity contribution in [2.45, 2.75) is 39.3 Å². The molecule has 0 heterocycles. The highest BCUT2D eigenvalue weighted by Crippen LogP contribution is 2.22. The summed E-state index contributed by atoms with van der Waals surface area (Å²) in [5, 5.41) is 15.9. The van der Waals surface area contributed by atoms with Gasteiger partial charge in [-0.05, 0) is 23.0 Å². The summed E-state index contributed by atoms with van der Waals surface area (Å²) < 4.78 is 0. The molecule has 0 saturated heterocycles. The Morgan fingerprint density at radius 1 is 0.960 bits per heavy atom. The van der Waals surface area contributed by atoms with Crippen molar-refractivity contribution in [3.63, 3.8) is 0 Å². The van der Waals surface area contributed by atoms with Crippen molar-refractivity contribution < 1.29 is 9.90 Å². The number of benzene rings is 2. The third-order valence-electron chi connectivity index (χ3n) is 4.24. The van der Waals surface area contributed by atoms with Crippen LogP contribution in [0.25, 0.3) is 0 Å². The van der Waals surface area contributed by atoms with Crippen LogP contribution >= 0.6 is 0 Å². The molecule has 0 fully saturated rings. The lowest BCUT2D eigenvalue weighted by Gasteiger charge is -2.26. The molecular formula is C21H28N2O2. The molecule has 2 aromatic rings. The van der Waals surface area contributed by atoms with Crippen molar-refractivity contribution in [1.82, 2.24) is 10.6 Å². The van der Waals surface area contributed by atoms with Crippen molar-refractivity contribution >= 4 is 6.03 Å². The third kappa shape index (κ3) is 5.91. The zero-order chi connectivity index (χ0) is 18.3. The van der Waals surface area contributed by atoms with Crippen LogP contribution < -0.4 is 10.6 Å². The number of hydrogen-bond donors (Lipinski definition) is 3. The number of rotatable bonds is 6. The highest BCUT2D eigenvalue weighted by Gasteiger charge is 2.22. The molecule has 0 radical (unpaired) electrons. The largest absolute Gasteiger partial charge is 0.393 e. The molecule has 0 aliphatic rings. The Kier molecular flexibility index (Phi) is 6.59. The van der Waals surface area contributed by atoms with Gasteiger partial charge in [0.25, 0.3) is 0 Å². The molecule has 3 N–H and O–H groups in total. The average molecular weight is 340 g/mol. The summed E-state index contributed by atoms with van der Waals surface area (Å²) >= 11 is 0. The standard InChI is InChI=1S/C21H28N2O2/c1-21(2,3)18(24)14-15-22-20(25)23-19(16-10-6-4-7-11-16)17-12-8-5-9-13-17/h4-13,18-19,24H,14-15H2,1-3H3,(H2,22,23,25)/t18-/m0/s1. The van der Waals surface area contributed by atoms with Gasteiger partial charge in [0.2, 0.25) is 0 Å². The molecule has 0 spiro atoms. The molecule has 0 aliphatic heterocycles. The highest BCUT2D eigenvalue weighted by molar-refractivity contribution is 5.75. The first-order valence-electron chi connectivity index (χ1n) is 8.70. The summed E-state index contributed by atoms with van der Waals surface area (Å²) in [7, 11) is 0. The second kappa shape index (κ2) is 8.67. The Morgan fingerprint density at radius 3 is 1.88 bits per heavy atom. The Balaban J connectivity index is 1.99. The van der Waals surface area contributed by atoms with Gasteiger partial charge in [0.1, 0.15) is 0 Å². The van der Waals surface area contributed by atoms with Gasteiger partial charge in [-0.1, -0.05) is 81.4 Å². The first kappa shape index (κ1) is 19.0. The fraction of sp³-hybridized carbons (Fsp3) is 0.381. The number of nitrogens with one attached hydrogen (secondary N) is 2. The number of urea groups is 1. The number of aliphatic hydroxyl groups is 1. The molecule has 0 unspecified atom stereocenters. The van der Waals surface area contributed by atoms with E-state index in [-0.39, 0.29) is 17.5 Å². The smallest absolute Gasteiger partial charge is 0.315 e.